The maximum absolute atomic E-state index is 13.1. The third kappa shape index (κ3) is 2.50. The van der Waals surface area contributed by atoms with Crippen LogP contribution in [-0.4, -0.2) is 22.1 Å². The van der Waals surface area contributed by atoms with Crippen LogP contribution in [0.15, 0.2) is 34.9 Å². The van der Waals surface area contributed by atoms with Gasteiger partial charge in [-0.15, -0.1) is 0 Å². The molecule has 2 heterocycles. The van der Waals surface area contributed by atoms with E-state index in [0.717, 1.165) is 28.7 Å². The van der Waals surface area contributed by atoms with Gasteiger partial charge in [0.15, 0.2) is 5.78 Å². The van der Waals surface area contributed by atoms with Crippen molar-refractivity contribution in [1.29, 1.82) is 0 Å². The number of nitrogens with one attached hydrogen (secondary N) is 1. The molecule has 0 radical (unpaired) electrons. The molecule has 1 N–H and O–H groups in total. The number of para-hydroxylation sites is 1. The first-order valence-corrected chi connectivity index (χ1v) is 7.99. The van der Waals surface area contributed by atoms with E-state index in [-0.39, 0.29) is 17.7 Å². The molecular weight excluding hydrogens is 330 g/mol. The van der Waals surface area contributed by atoms with Crippen LogP contribution in [0.4, 0.5) is 5.69 Å². The zero-order chi connectivity index (χ0) is 15.0. The summed E-state index contributed by atoms with van der Waals surface area (Å²) in [5.74, 6) is 0.0370. The minimum atomic E-state index is -0.104. The number of benzene rings is 1. The van der Waals surface area contributed by atoms with E-state index in [9.17, 15) is 4.79 Å². The van der Waals surface area contributed by atoms with Crippen molar-refractivity contribution >= 4 is 27.4 Å². The highest BCUT2D eigenvalue weighted by atomic mass is 79.9. The van der Waals surface area contributed by atoms with Crippen molar-refractivity contribution in [3.05, 3.63) is 46.2 Å². The molecule has 0 saturated carbocycles. The average molecular weight is 348 g/mol. The van der Waals surface area contributed by atoms with Gasteiger partial charge in [-0.3, -0.25) is 9.48 Å². The van der Waals surface area contributed by atoms with Crippen molar-refractivity contribution in [3.8, 4) is 0 Å². The number of hydrogen-bond acceptors (Lipinski definition) is 3. The van der Waals surface area contributed by atoms with Gasteiger partial charge in [-0.1, -0.05) is 18.2 Å². The Morgan fingerprint density at radius 3 is 2.95 bits per heavy atom. The molecule has 0 spiro atoms. The number of anilines is 1. The first-order valence-electron chi connectivity index (χ1n) is 7.19. The van der Waals surface area contributed by atoms with Gasteiger partial charge in [-0.05, 0) is 47.8 Å². The average Bonchev–Trinajstić information content (AvgIpc) is 2.88. The topological polar surface area (TPSA) is 46.9 Å². The zero-order valence-corrected chi connectivity index (χ0v) is 13.7. The first-order chi connectivity index (χ1) is 10.1. The van der Waals surface area contributed by atoms with Crippen LogP contribution >= 0.6 is 15.9 Å². The number of rotatable bonds is 3. The predicted octanol–water partition coefficient (Wildman–Crippen LogP) is 4.01. The lowest BCUT2D eigenvalue weighted by atomic mass is 9.86. The van der Waals surface area contributed by atoms with E-state index in [4.69, 9.17) is 0 Å². The van der Waals surface area contributed by atoms with Crippen LogP contribution in [0.3, 0.4) is 0 Å². The summed E-state index contributed by atoms with van der Waals surface area (Å²) in [6.45, 7) is 4.89. The maximum Gasteiger partial charge on any atom is 0.189 e. The van der Waals surface area contributed by atoms with Gasteiger partial charge in [0.05, 0.1) is 16.6 Å². The summed E-state index contributed by atoms with van der Waals surface area (Å²) in [6.07, 6.45) is 2.52. The van der Waals surface area contributed by atoms with Gasteiger partial charge in [-0.2, -0.15) is 5.10 Å². The van der Waals surface area contributed by atoms with E-state index in [1.165, 1.54) is 0 Å². The van der Waals surface area contributed by atoms with Crippen molar-refractivity contribution in [2.75, 3.05) is 11.9 Å². The van der Waals surface area contributed by atoms with E-state index < -0.39 is 0 Å². The Hall–Kier alpha value is -1.62. The highest BCUT2D eigenvalue weighted by Gasteiger charge is 2.31. The second-order valence-corrected chi connectivity index (χ2v) is 6.45. The molecule has 4 nitrogen and oxygen atoms in total. The Morgan fingerprint density at radius 1 is 1.43 bits per heavy atom. The fourth-order valence-corrected chi connectivity index (χ4v) is 3.34. The highest BCUT2D eigenvalue weighted by Crippen LogP contribution is 2.35. The third-order valence-corrected chi connectivity index (χ3v) is 4.45. The SMILES string of the molecule is CC(C)n1ncc(Br)c1C(=O)C1CCNc2ccccc21. The van der Waals surface area contributed by atoms with Crippen molar-refractivity contribution in [2.24, 2.45) is 0 Å². The predicted molar refractivity (Wildman–Crippen MR) is 86.9 cm³/mol. The van der Waals surface area contributed by atoms with Crippen molar-refractivity contribution in [3.63, 3.8) is 0 Å². The van der Waals surface area contributed by atoms with Crippen molar-refractivity contribution in [1.82, 2.24) is 9.78 Å². The van der Waals surface area contributed by atoms with Crippen molar-refractivity contribution in [2.45, 2.75) is 32.2 Å². The quantitative estimate of drug-likeness (QED) is 0.853. The lowest BCUT2D eigenvalue weighted by Gasteiger charge is -2.26. The van der Waals surface area contributed by atoms with Crippen LogP contribution in [-0.2, 0) is 0 Å². The van der Waals surface area contributed by atoms with Gasteiger partial charge in [0.2, 0.25) is 0 Å². The van der Waals surface area contributed by atoms with E-state index >= 15 is 0 Å². The molecule has 0 aliphatic carbocycles. The second-order valence-electron chi connectivity index (χ2n) is 5.60. The normalized spacial score (nSPS) is 17.4. The molecule has 21 heavy (non-hydrogen) atoms. The molecule has 2 aromatic rings. The van der Waals surface area contributed by atoms with Gasteiger partial charge in [0.1, 0.15) is 5.69 Å². The second kappa shape index (κ2) is 5.64. The zero-order valence-electron chi connectivity index (χ0n) is 12.1. The number of halogens is 1. The van der Waals surface area contributed by atoms with Gasteiger partial charge in [0.25, 0.3) is 0 Å². The highest BCUT2D eigenvalue weighted by molar-refractivity contribution is 9.10. The largest absolute Gasteiger partial charge is 0.385 e. The fourth-order valence-electron chi connectivity index (χ4n) is 2.87. The summed E-state index contributed by atoms with van der Waals surface area (Å²) in [4.78, 5) is 13.1. The van der Waals surface area contributed by atoms with E-state index in [1.54, 1.807) is 10.9 Å². The Kier molecular flexibility index (Phi) is 3.85. The first kappa shape index (κ1) is 14.3. The number of aromatic nitrogens is 2. The smallest absolute Gasteiger partial charge is 0.189 e. The molecule has 1 aromatic carbocycles. The fraction of sp³-hybridized carbons (Fsp3) is 0.375. The molecule has 1 aromatic heterocycles. The van der Waals surface area contributed by atoms with E-state index in [0.29, 0.717) is 5.69 Å². The molecule has 0 amide bonds. The lowest BCUT2D eigenvalue weighted by molar-refractivity contribution is 0.0942. The molecule has 5 heteroatoms. The molecule has 110 valence electrons. The molecule has 0 saturated heterocycles. The molecule has 0 fully saturated rings. The number of ketones is 1. The lowest BCUT2D eigenvalue weighted by Crippen LogP contribution is -2.25. The van der Waals surface area contributed by atoms with Crippen LogP contribution in [0.5, 0.6) is 0 Å². The van der Waals surface area contributed by atoms with Gasteiger partial charge in [-0.25, -0.2) is 0 Å². The van der Waals surface area contributed by atoms with E-state index in [2.05, 4.69) is 26.3 Å². The number of carbonyl (C=O) groups excluding carboxylic acids is 1. The third-order valence-electron chi connectivity index (χ3n) is 3.87. The molecule has 1 aliphatic rings. The van der Waals surface area contributed by atoms with Crippen LogP contribution in [0, 0.1) is 0 Å². The van der Waals surface area contributed by atoms with Gasteiger partial charge < -0.3 is 5.32 Å². The summed E-state index contributed by atoms with van der Waals surface area (Å²) >= 11 is 3.47. The Balaban J connectivity index is 2.03. The standard InChI is InChI=1S/C16H18BrN3O/c1-10(2)20-15(13(17)9-19-20)16(21)12-7-8-18-14-6-4-3-5-11(12)14/h3-6,9-10,12,18H,7-8H2,1-2H3. The Morgan fingerprint density at radius 2 is 2.19 bits per heavy atom. The Bertz CT molecular complexity index is 678. The van der Waals surface area contributed by atoms with E-state index in [1.807, 2.05) is 38.1 Å². The number of Topliss-reactive ketones (excluding diaryl/α,β-unsaturated/α-hetero) is 1. The molecule has 1 atom stereocenters. The number of carbonyl (C=O) groups is 1. The molecule has 3 rings (SSSR count). The van der Waals surface area contributed by atoms with Crippen LogP contribution in [0.2, 0.25) is 0 Å². The molecular formula is C16H18BrN3O. The van der Waals surface area contributed by atoms with Gasteiger partial charge >= 0.3 is 0 Å². The molecule has 1 aliphatic heterocycles. The minimum Gasteiger partial charge on any atom is -0.385 e. The number of fused-ring (bicyclic) bond motifs is 1. The summed E-state index contributed by atoms with van der Waals surface area (Å²) in [6, 6.07) is 8.21. The van der Waals surface area contributed by atoms with Crippen LogP contribution in [0.25, 0.3) is 0 Å². The number of hydrogen-bond donors (Lipinski definition) is 1. The summed E-state index contributed by atoms with van der Waals surface area (Å²) in [5.41, 5.74) is 2.82. The minimum absolute atomic E-state index is 0.104. The summed E-state index contributed by atoms with van der Waals surface area (Å²) in [5, 5.41) is 7.68. The van der Waals surface area contributed by atoms with Crippen molar-refractivity contribution < 1.29 is 4.79 Å². The monoisotopic (exact) mass is 347 g/mol. The van der Waals surface area contributed by atoms with Crippen LogP contribution < -0.4 is 5.32 Å². The van der Waals surface area contributed by atoms with Crippen LogP contribution in [0.1, 0.15) is 48.3 Å². The Labute approximate surface area is 132 Å². The molecule has 0 bridgehead atoms. The number of nitrogens with zero attached hydrogens (tertiary/aromatic N) is 2. The maximum atomic E-state index is 13.1. The van der Waals surface area contributed by atoms with Gasteiger partial charge in [0, 0.05) is 18.3 Å². The summed E-state index contributed by atoms with van der Waals surface area (Å²) in [7, 11) is 0. The molecule has 1 unspecified atom stereocenters. The summed E-state index contributed by atoms with van der Waals surface area (Å²) < 4.78 is 2.58.